The van der Waals surface area contributed by atoms with Gasteiger partial charge in [0.05, 0.1) is 17.6 Å². The van der Waals surface area contributed by atoms with Gasteiger partial charge in [-0.05, 0) is 43.7 Å². The van der Waals surface area contributed by atoms with Crippen molar-refractivity contribution in [1.82, 2.24) is 19.8 Å². The minimum absolute atomic E-state index is 0.0279. The van der Waals surface area contributed by atoms with E-state index in [0.29, 0.717) is 12.5 Å². The van der Waals surface area contributed by atoms with Crippen LogP contribution in [0.5, 0.6) is 0 Å². The number of benzene rings is 1. The number of amides is 1. The molecule has 6 heteroatoms. The molecule has 0 atom stereocenters. The lowest BCUT2D eigenvalue weighted by Gasteiger charge is -2.32. The van der Waals surface area contributed by atoms with Crippen LogP contribution in [0, 0.1) is 5.92 Å². The van der Waals surface area contributed by atoms with E-state index in [2.05, 4.69) is 15.2 Å². The number of imidazole rings is 1. The van der Waals surface area contributed by atoms with Gasteiger partial charge in [-0.2, -0.15) is 0 Å². The molecule has 1 aromatic carbocycles. The molecule has 27 heavy (non-hydrogen) atoms. The monoisotopic (exact) mass is 370 g/mol. The molecule has 6 nitrogen and oxygen atoms in total. The van der Waals surface area contributed by atoms with Crippen molar-refractivity contribution in [3.63, 3.8) is 0 Å². The van der Waals surface area contributed by atoms with E-state index >= 15 is 0 Å². The van der Waals surface area contributed by atoms with Crippen LogP contribution < -0.4 is 11.0 Å². The lowest BCUT2D eigenvalue weighted by molar-refractivity contribution is -0.122. The van der Waals surface area contributed by atoms with Crippen molar-refractivity contribution in [3.05, 3.63) is 34.7 Å². The van der Waals surface area contributed by atoms with E-state index in [0.717, 1.165) is 43.5 Å². The van der Waals surface area contributed by atoms with Gasteiger partial charge in [-0.25, -0.2) is 4.79 Å². The summed E-state index contributed by atoms with van der Waals surface area (Å²) in [5.41, 5.74) is 1.85. The van der Waals surface area contributed by atoms with Crippen LogP contribution in [0.4, 0.5) is 0 Å². The van der Waals surface area contributed by atoms with Crippen LogP contribution in [0.1, 0.15) is 51.0 Å². The Morgan fingerprint density at radius 2 is 1.81 bits per heavy atom. The van der Waals surface area contributed by atoms with Crippen LogP contribution >= 0.6 is 0 Å². The molecule has 0 spiro atoms. The predicted molar refractivity (Wildman–Crippen MR) is 107 cm³/mol. The fourth-order valence-corrected chi connectivity index (χ4v) is 4.68. The van der Waals surface area contributed by atoms with Gasteiger partial charge in [0.1, 0.15) is 0 Å². The molecule has 2 heterocycles. The van der Waals surface area contributed by atoms with Crippen LogP contribution in [0.2, 0.25) is 0 Å². The zero-order valence-electron chi connectivity index (χ0n) is 16.0. The minimum atomic E-state index is -0.0279. The summed E-state index contributed by atoms with van der Waals surface area (Å²) in [6, 6.07) is 8.06. The van der Waals surface area contributed by atoms with Gasteiger partial charge in [-0.15, -0.1) is 0 Å². The summed E-state index contributed by atoms with van der Waals surface area (Å²) in [4.78, 5) is 29.8. The van der Waals surface area contributed by atoms with Gasteiger partial charge in [0.25, 0.3) is 0 Å². The van der Waals surface area contributed by atoms with E-state index in [1.165, 1.54) is 32.1 Å². The Labute approximate surface area is 159 Å². The number of carbonyl (C=O) groups excluding carboxylic acids is 1. The molecule has 1 saturated carbocycles. The van der Waals surface area contributed by atoms with Crippen molar-refractivity contribution < 1.29 is 4.79 Å². The largest absolute Gasteiger partial charge is 0.355 e. The highest BCUT2D eigenvalue weighted by Gasteiger charge is 2.24. The number of carbonyl (C=O) groups is 1. The summed E-state index contributed by atoms with van der Waals surface area (Å²) >= 11 is 0. The molecule has 0 unspecified atom stereocenters. The Morgan fingerprint density at radius 3 is 2.59 bits per heavy atom. The lowest BCUT2D eigenvalue weighted by Crippen LogP contribution is -2.43. The number of rotatable bonds is 5. The number of para-hydroxylation sites is 2. The molecule has 4 rings (SSSR count). The molecule has 1 saturated heterocycles. The maximum Gasteiger partial charge on any atom is 0.326 e. The van der Waals surface area contributed by atoms with Gasteiger partial charge in [0.15, 0.2) is 0 Å². The van der Waals surface area contributed by atoms with Crippen LogP contribution in [0.15, 0.2) is 29.1 Å². The summed E-state index contributed by atoms with van der Waals surface area (Å²) in [5, 5.41) is 3.13. The van der Waals surface area contributed by atoms with Crippen LogP contribution in [-0.4, -0.2) is 46.5 Å². The molecule has 1 aliphatic heterocycles. The van der Waals surface area contributed by atoms with E-state index < -0.39 is 0 Å². The summed E-state index contributed by atoms with van der Waals surface area (Å²) in [6.07, 6.45) is 8.27. The highest BCUT2D eigenvalue weighted by Crippen LogP contribution is 2.25. The fraction of sp³-hybridized carbons (Fsp3) is 0.619. The Morgan fingerprint density at radius 1 is 1.07 bits per heavy atom. The van der Waals surface area contributed by atoms with E-state index in [4.69, 9.17) is 0 Å². The van der Waals surface area contributed by atoms with Gasteiger partial charge in [0.2, 0.25) is 5.91 Å². The quantitative estimate of drug-likeness (QED) is 0.850. The number of piperidine rings is 1. The smallest absolute Gasteiger partial charge is 0.326 e. The van der Waals surface area contributed by atoms with Crippen molar-refractivity contribution >= 4 is 16.9 Å². The summed E-state index contributed by atoms with van der Waals surface area (Å²) in [5.74, 6) is 0.811. The van der Waals surface area contributed by atoms with Crippen molar-refractivity contribution in [2.24, 2.45) is 5.92 Å². The maximum absolute atomic E-state index is 12.4. The lowest BCUT2D eigenvalue weighted by atomic mass is 9.89. The Kier molecular flexibility index (Phi) is 5.62. The second-order valence-corrected chi connectivity index (χ2v) is 8.13. The maximum atomic E-state index is 12.4. The normalized spacial score (nSPS) is 20.1. The van der Waals surface area contributed by atoms with Gasteiger partial charge in [0, 0.05) is 25.7 Å². The number of aromatic amines is 1. The number of fused-ring (bicyclic) bond motifs is 1. The predicted octanol–water partition coefficient (Wildman–Crippen LogP) is 2.66. The highest BCUT2D eigenvalue weighted by atomic mass is 16.2. The number of nitrogens with one attached hydrogen (secondary N) is 2. The standard InChI is InChI=1S/C21H30N4O2/c26-20(22-14-16-6-2-1-3-7-16)15-24-12-10-17(11-13-24)25-19-9-5-4-8-18(19)23-21(25)27/h4-5,8-9,16-17H,1-3,6-7,10-15H2,(H,22,26)(H,23,27). The summed E-state index contributed by atoms with van der Waals surface area (Å²) in [6.45, 7) is 3.02. The molecule has 2 aliphatic rings. The number of hydrogen-bond acceptors (Lipinski definition) is 3. The van der Waals surface area contributed by atoms with Gasteiger partial charge >= 0.3 is 5.69 Å². The number of H-pyrrole nitrogens is 1. The zero-order chi connectivity index (χ0) is 18.6. The van der Waals surface area contributed by atoms with E-state index in [-0.39, 0.29) is 17.6 Å². The first kappa shape index (κ1) is 18.3. The van der Waals surface area contributed by atoms with Crippen molar-refractivity contribution in [1.29, 1.82) is 0 Å². The molecular formula is C21H30N4O2. The molecule has 2 fully saturated rings. The van der Waals surface area contributed by atoms with E-state index in [1.807, 2.05) is 28.8 Å². The number of hydrogen-bond donors (Lipinski definition) is 2. The first-order valence-electron chi connectivity index (χ1n) is 10.4. The first-order chi connectivity index (χ1) is 13.2. The van der Waals surface area contributed by atoms with Gasteiger partial charge in [-0.1, -0.05) is 31.4 Å². The van der Waals surface area contributed by atoms with Crippen molar-refractivity contribution in [2.45, 2.75) is 51.0 Å². The van der Waals surface area contributed by atoms with Gasteiger partial charge < -0.3 is 10.3 Å². The van der Waals surface area contributed by atoms with E-state index in [1.54, 1.807) is 0 Å². The van der Waals surface area contributed by atoms with E-state index in [9.17, 15) is 9.59 Å². The van der Waals surface area contributed by atoms with Gasteiger partial charge in [-0.3, -0.25) is 14.3 Å². The van der Waals surface area contributed by atoms with Crippen LogP contribution in [0.25, 0.3) is 11.0 Å². The molecule has 1 aliphatic carbocycles. The second kappa shape index (κ2) is 8.30. The third kappa shape index (κ3) is 4.26. The average molecular weight is 370 g/mol. The van der Waals surface area contributed by atoms with Crippen LogP contribution in [0.3, 0.4) is 0 Å². The number of nitrogens with zero attached hydrogens (tertiary/aromatic N) is 2. The minimum Gasteiger partial charge on any atom is -0.355 e. The first-order valence-corrected chi connectivity index (χ1v) is 10.4. The molecule has 0 radical (unpaired) electrons. The highest BCUT2D eigenvalue weighted by molar-refractivity contribution is 5.78. The molecule has 146 valence electrons. The Balaban J connectivity index is 1.28. The zero-order valence-corrected chi connectivity index (χ0v) is 16.0. The average Bonchev–Trinajstić information content (AvgIpc) is 3.04. The summed E-state index contributed by atoms with van der Waals surface area (Å²) in [7, 11) is 0. The molecular weight excluding hydrogens is 340 g/mol. The molecule has 1 aromatic heterocycles. The molecule has 2 aromatic rings. The topological polar surface area (TPSA) is 70.1 Å². The SMILES string of the molecule is O=C(CN1CCC(n2c(=O)[nH]c3ccccc32)CC1)NCC1CCCCC1. The fourth-order valence-electron chi connectivity index (χ4n) is 4.68. The third-order valence-corrected chi connectivity index (χ3v) is 6.23. The third-order valence-electron chi connectivity index (χ3n) is 6.23. The Bertz CT molecular complexity index is 826. The van der Waals surface area contributed by atoms with Crippen molar-refractivity contribution in [3.8, 4) is 0 Å². The molecule has 0 bridgehead atoms. The second-order valence-electron chi connectivity index (χ2n) is 8.13. The molecule has 2 N–H and O–H groups in total. The van der Waals surface area contributed by atoms with Crippen molar-refractivity contribution in [2.75, 3.05) is 26.2 Å². The number of likely N-dealkylation sites (tertiary alicyclic amines) is 1. The Hall–Kier alpha value is -2.08. The summed E-state index contributed by atoms with van der Waals surface area (Å²) < 4.78 is 1.90. The number of aromatic nitrogens is 2. The molecule has 1 amide bonds. The van der Waals surface area contributed by atoms with Crippen LogP contribution in [-0.2, 0) is 4.79 Å².